The van der Waals surface area contributed by atoms with Gasteiger partial charge in [0.15, 0.2) is 0 Å². The summed E-state index contributed by atoms with van der Waals surface area (Å²) in [6.07, 6.45) is 3.23. The number of anilines is 1. The number of nitrogens with zero attached hydrogens (tertiary/aromatic N) is 5. The molecule has 6 nitrogen and oxygen atoms in total. The smallest absolute Gasteiger partial charge is 0.341 e. The van der Waals surface area contributed by atoms with Crippen molar-refractivity contribution in [3.8, 4) is 0 Å². The van der Waals surface area contributed by atoms with Crippen LogP contribution in [0.5, 0.6) is 0 Å². The Kier molecular flexibility index (Phi) is 4.22. The number of aromatic nitrogens is 4. The topological polar surface area (TPSA) is 63.9 Å². The summed E-state index contributed by atoms with van der Waals surface area (Å²) in [5.74, 6) is 0.479. The Hall–Kier alpha value is -2.24. The largest absolute Gasteiger partial charge is 0.352 e. The Morgan fingerprint density at radius 1 is 1.21 bits per heavy atom. The van der Waals surface area contributed by atoms with Gasteiger partial charge < -0.3 is 4.90 Å². The van der Waals surface area contributed by atoms with Crippen LogP contribution in [0.25, 0.3) is 0 Å². The van der Waals surface area contributed by atoms with E-state index in [2.05, 4.69) is 15.0 Å². The SMILES string of the molecule is CCN(CC)c1ncn(Cc2ccccn2)c(=O)n1. The zero-order chi connectivity index (χ0) is 13.7. The normalized spacial score (nSPS) is 10.4. The Bertz CT molecular complexity index is 577. The summed E-state index contributed by atoms with van der Waals surface area (Å²) in [4.78, 5) is 26.3. The van der Waals surface area contributed by atoms with Crippen molar-refractivity contribution >= 4 is 5.95 Å². The average Bonchev–Trinajstić information content (AvgIpc) is 2.44. The Labute approximate surface area is 111 Å². The predicted octanol–water partition coefficient (Wildman–Crippen LogP) is 0.928. The molecule has 2 aromatic heterocycles. The zero-order valence-corrected chi connectivity index (χ0v) is 11.2. The van der Waals surface area contributed by atoms with Gasteiger partial charge in [-0.15, -0.1) is 0 Å². The first-order chi connectivity index (χ1) is 9.24. The molecule has 2 heterocycles. The minimum atomic E-state index is -0.303. The molecule has 0 fully saturated rings. The first kappa shape index (κ1) is 13.2. The third-order valence-corrected chi connectivity index (χ3v) is 2.86. The highest BCUT2D eigenvalue weighted by Crippen LogP contribution is 2.02. The first-order valence-corrected chi connectivity index (χ1v) is 6.33. The molecule has 2 rings (SSSR count). The van der Waals surface area contributed by atoms with Crippen LogP contribution in [0.3, 0.4) is 0 Å². The summed E-state index contributed by atoms with van der Waals surface area (Å²) in [5.41, 5.74) is 0.506. The number of rotatable bonds is 5. The fourth-order valence-corrected chi connectivity index (χ4v) is 1.78. The Balaban J connectivity index is 2.23. The van der Waals surface area contributed by atoms with E-state index in [-0.39, 0.29) is 5.69 Å². The van der Waals surface area contributed by atoms with Crippen molar-refractivity contribution in [2.24, 2.45) is 0 Å². The van der Waals surface area contributed by atoms with Crippen molar-refractivity contribution in [2.45, 2.75) is 20.4 Å². The summed E-state index contributed by atoms with van der Waals surface area (Å²) in [6.45, 7) is 5.96. The van der Waals surface area contributed by atoms with Crippen molar-refractivity contribution in [1.29, 1.82) is 0 Å². The zero-order valence-electron chi connectivity index (χ0n) is 11.2. The van der Waals surface area contributed by atoms with Crippen molar-refractivity contribution in [3.05, 3.63) is 46.9 Å². The van der Waals surface area contributed by atoms with Crippen LogP contribution in [0.4, 0.5) is 5.95 Å². The van der Waals surface area contributed by atoms with Gasteiger partial charge in [0.05, 0.1) is 12.2 Å². The highest BCUT2D eigenvalue weighted by molar-refractivity contribution is 5.26. The molecule has 0 saturated heterocycles. The van der Waals surface area contributed by atoms with Gasteiger partial charge in [-0.2, -0.15) is 4.98 Å². The van der Waals surface area contributed by atoms with Crippen molar-refractivity contribution in [1.82, 2.24) is 19.5 Å². The predicted molar refractivity (Wildman–Crippen MR) is 73.2 cm³/mol. The van der Waals surface area contributed by atoms with E-state index in [1.807, 2.05) is 36.9 Å². The molecule has 0 aromatic carbocycles. The molecule has 0 unspecified atom stereocenters. The van der Waals surface area contributed by atoms with Crippen LogP contribution >= 0.6 is 0 Å². The van der Waals surface area contributed by atoms with Gasteiger partial charge in [-0.25, -0.2) is 9.78 Å². The highest BCUT2D eigenvalue weighted by Gasteiger charge is 2.07. The number of hydrogen-bond acceptors (Lipinski definition) is 5. The van der Waals surface area contributed by atoms with Crippen LogP contribution in [-0.4, -0.2) is 32.6 Å². The first-order valence-electron chi connectivity index (χ1n) is 6.33. The second-order valence-corrected chi connectivity index (χ2v) is 4.06. The van der Waals surface area contributed by atoms with Gasteiger partial charge in [0.2, 0.25) is 5.95 Å². The van der Waals surface area contributed by atoms with Crippen molar-refractivity contribution in [2.75, 3.05) is 18.0 Å². The molecule has 19 heavy (non-hydrogen) atoms. The fourth-order valence-electron chi connectivity index (χ4n) is 1.78. The van der Waals surface area contributed by atoms with E-state index in [9.17, 15) is 4.79 Å². The molecule has 0 atom stereocenters. The lowest BCUT2D eigenvalue weighted by molar-refractivity contribution is 0.673. The maximum absolute atomic E-state index is 11.9. The van der Waals surface area contributed by atoms with Gasteiger partial charge in [0.1, 0.15) is 6.33 Å². The Morgan fingerprint density at radius 3 is 2.58 bits per heavy atom. The van der Waals surface area contributed by atoms with Gasteiger partial charge in [-0.3, -0.25) is 9.55 Å². The highest BCUT2D eigenvalue weighted by atomic mass is 16.1. The lowest BCUT2D eigenvalue weighted by Crippen LogP contribution is -2.31. The molecule has 0 aliphatic carbocycles. The van der Waals surface area contributed by atoms with Crippen LogP contribution in [0, 0.1) is 0 Å². The molecular weight excluding hydrogens is 242 g/mol. The van der Waals surface area contributed by atoms with Crippen LogP contribution in [0.1, 0.15) is 19.5 Å². The molecule has 0 radical (unpaired) electrons. The van der Waals surface area contributed by atoms with Gasteiger partial charge >= 0.3 is 5.69 Å². The summed E-state index contributed by atoms with van der Waals surface area (Å²) < 4.78 is 1.45. The van der Waals surface area contributed by atoms with E-state index in [1.165, 1.54) is 10.9 Å². The van der Waals surface area contributed by atoms with Crippen molar-refractivity contribution in [3.63, 3.8) is 0 Å². The monoisotopic (exact) mass is 259 g/mol. The molecule has 100 valence electrons. The summed E-state index contributed by atoms with van der Waals surface area (Å²) >= 11 is 0. The van der Waals surface area contributed by atoms with Crippen LogP contribution < -0.4 is 10.6 Å². The molecule has 0 spiro atoms. The lowest BCUT2D eigenvalue weighted by atomic mass is 10.3. The minimum Gasteiger partial charge on any atom is -0.341 e. The number of pyridine rings is 1. The molecular formula is C13H17N5O. The summed E-state index contributed by atoms with van der Waals surface area (Å²) in [6, 6.07) is 5.59. The van der Waals surface area contributed by atoms with E-state index >= 15 is 0 Å². The second-order valence-electron chi connectivity index (χ2n) is 4.06. The average molecular weight is 259 g/mol. The molecule has 0 bridgehead atoms. The second kappa shape index (κ2) is 6.08. The molecule has 0 N–H and O–H groups in total. The number of hydrogen-bond donors (Lipinski definition) is 0. The maximum Gasteiger partial charge on any atom is 0.352 e. The molecule has 0 amide bonds. The van der Waals surface area contributed by atoms with Crippen LogP contribution in [0.2, 0.25) is 0 Å². The molecule has 0 aliphatic rings. The van der Waals surface area contributed by atoms with E-state index in [0.717, 1.165) is 18.8 Å². The molecule has 6 heteroatoms. The van der Waals surface area contributed by atoms with E-state index in [4.69, 9.17) is 0 Å². The quantitative estimate of drug-likeness (QED) is 0.799. The van der Waals surface area contributed by atoms with E-state index in [1.54, 1.807) is 6.20 Å². The van der Waals surface area contributed by atoms with Gasteiger partial charge in [0, 0.05) is 19.3 Å². The third-order valence-electron chi connectivity index (χ3n) is 2.86. The standard InChI is InChI=1S/C13H17N5O/c1-3-17(4-2)12-15-10-18(13(19)16-12)9-11-7-5-6-8-14-11/h5-8,10H,3-4,9H2,1-2H3. The van der Waals surface area contributed by atoms with E-state index in [0.29, 0.717) is 12.5 Å². The summed E-state index contributed by atoms with van der Waals surface area (Å²) in [7, 11) is 0. The van der Waals surface area contributed by atoms with Gasteiger partial charge in [0.25, 0.3) is 0 Å². The molecule has 0 saturated carbocycles. The van der Waals surface area contributed by atoms with Gasteiger partial charge in [-0.05, 0) is 26.0 Å². The van der Waals surface area contributed by atoms with Crippen molar-refractivity contribution < 1.29 is 0 Å². The maximum atomic E-state index is 11.9. The molecule has 0 aliphatic heterocycles. The lowest BCUT2D eigenvalue weighted by Gasteiger charge is -2.17. The molecule has 2 aromatic rings. The van der Waals surface area contributed by atoms with Crippen LogP contribution in [0.15, 0.2) is 35.5 Å². The third kappa shape index (κ3) is 3.15. The van der Waals surface area contributed by atoms with E-state index < -0.39 is 0 Å². The summed E-state index contributed by atoms with van der Waals surface area (Å²) in [5, 5.41) is 0. The fraction of sp³-hybridized carbons (Fsp3) is 0.385. The van der Waals surface area contributed by atoms with Gasteiger partial charge in [-0.1, -0.05) is 6.07 Å². The van der Waals surface area contributed by atoms with Crippen LogP contribution in [-0.2, 0) is 6.54 Å². The minimum absolute atomic E-state index is 0.303. The Morgan fingerprint density at radius 2 is 2.00 bits per heavy atom.